The van der Waals surface area contributed by atoms with Gasteiger partial charge in [-0.3, -0.25) is 14.4 Å². The van der Waals surface area contributed by atoms with Crippen molar-refractivity contribution in [3.63, 3.8) is 0 Å². The van der Waals surface area contributed by atoms with Crippen molar-refractivity contribution in [2.45, 2.75) is 39.3 Å². The molecular formula is C21H20N4O4S. The fourth-order valence-electron chi connectivity index (χ4n) is 3.40. The van der Waals surface area contributed by atoms with Crippen molar-refractivity contribution in [3.05, 3.63) is 68.7 Å². The minimum absolute atomic E-state index is 0.00268. The first-order valence-corrected chi connectivity index (χ1v) is 10.4. The number of amides is 1. The summed E-state index contributed by atoms with van der Waals surface area (Å²) in [6.07, 6.45) is 4.25. The number of carbonyl (C=O) groups excluding carboxylic acids is 2. The zero-order valence-electron chi connectivity index (χ0n) is 16.6. The van der Waals surface area contributed by atoms with Gasteiger partial charge in [-0.05, 0) is 23.6 Å². The number of rotatable bonds is 5. The van der Waals surface area contributed by atoms with Crippen LogP contribution in [0.2, 0.25) is 0 Å². The molecule has 2 aromatic heterocycles. The Morgan fingerprint density at radius 3 is 2.83 bits per heavy atom. The van der Waals surface area contributed by atoms with E-state index in [0.29, 0.717) is 17.1 Å². The van der Waals surface area contributed by atoms with Crippen LogP contribution in [0.1, 0.15) is 48.1 Å². The zero-order valence-corrected chi connectivity index (χ0v) is 17.4. The van der Waals surface area contributed by atoms with Crippen molar-refractivity contribution in [1.82, 2.24) is 19.5 Å². The third kappa shape index (κ3) is 3.88. The van der Waals surface area contributed by atoms with Gasteiger partial charge in [0.05, 0.1) is 18.2 Å². The number of esters is 1. The molecular weight excluding hydrogens is 404 g/mol. The fraction of sp³-hybridized carbons (Fsp3) is 0.286. The molecule has 0 unspecified atom stereocenters. The van der Waals surface area contributed by atoms with Gasteiger partial charge >= 0.3 is 5.97 Å². The molecule has 3 heterocycles. The Morgan fingerprint density at radius 1 is 1.27 bits per heavy atom. The third-order valence-electron chi connectivity index (χ3n) is 4.85. The van der Waals surface area contributed by atoms with Gasteiger partial charge in [0.1, 0.15) is 11.6 Å². The normalized spacial score (nSPS) is 15.3. The quantitative estimate of drug-likeness (QED) is 0.585. The Bertz CT molecular complexity index is 1210. The van der Waals surface area contributed by atoms with Crippen LogP contribution in [0.3, 0.4) is 0 Å². The smallest absolute Gasteiger partial charge is 0.308 e. The molecule has 4 rings (SSSR count). The van der Waals surface area contributed by atoms with E-state index in [2.05, 4.69) is 10.1 Å². The van der Waals surface area contributed by atoms with E-state index < -0.39 is 12.0 Å². The zero-order chi connectivity index (χ0) is 21.3. The highest BCUT2D eigenvalue weighted by atomic mass is 32.1. The van der Waals surface area contributed by atoms with Gasteiger partial charge in [0.25, 0.3) is 5.56 Å². The number of benzene rings is 1. The molecule has 0 radical (unpaired) electrons. The lowest BCUT2D eigenvalue weighted by atomic mass is 9.94. The summed E-state index contributed by atoms with van der Waals surface area (Å²) >= 11 is 1.33. The lowest BCUT2D eigenvalue weighted by Crippen LogP contribution is -2.32. The topological polar surface area (TPSA) is 93.9 Å². The van der Waals surface area contributed by atoms with Crippen molar-refractivity contribution in [2.24, 2.45) is 0 Å². The highest BCUT2D eigenvalue weighted by Crippen LogP contribution is 2.33. The van der Waals surface area contributed by atoms with Crippen LogP contribution in [-0.4, -0.2) is 31.4 Å². The average Bonchev–Trinajstić information content (AvgIpc) is 3.16. The Hall–Kier alpha value is -3.33. The highest BCUT2D eigenvalue weighted by Gasteiger charge is 2.28. The number of hydrogen-bond donors (Lipinski definition) is 0. The maximum absolute atomic E-state index is 12.6. The first-order valence-electron chi connectivity index (χ1n) is 9.56. The van der Waals surface area contributed by atoms with E-state index in [9.17, 15) is 14.4 Å². The minimum Gasteiger partial charge on any atom is -0.459 e. The second-order valence-electron chi connectivity index (χ2n) is 6.88. The van der Waals surface area contributed by atoms with Crippen LogP contribution in [0.25, 0.3) is 11.0 Å². The van der Waals surface area contributed by atoms with E-state index in [1.54, 1.807) is 6.20 Å². The second kappa shape index (κ2) is 8.19. The summed E-state index contributed by atoms with van der Waals surface area (Å²) in [5.41, 5.74) is 1.91. The van der Waals surface area contributed by atoms with E-state index in [1.807, 2.05) is 37.3 Å². The Kier molecular flexibility index (Phi) is 5.45. The molecule has 0 aliphatic carbocycles. The summed E-state index contributed by atoms with van der Waals surface area (Å²) in [5.74, 6) is -0.632. The summed E-state index contributed by atoms with van der Waals surface area (Å²) in [6.45, 7) is 3.30. The van der Waals surface area contributed by atoms with E-state index in [-0.39, 0.29) is 24.5 Å². The molecule has 30 heavy (non-hydrogen) atoms. The van der Waals surface area contributed by atoms with E-state index >= 15 is 0 Å². The summed E-state index contributed by atoms with van der Waals surface area (Å²) in [7, 11) is 0. The molecule has 0 spiro atoms. The van der Waals surface area contributed by atoms with Crippen LogP contribution in [0.4, 0.5) is 0 Å². The first kappa shape index (κ1) is 20.0. The van der Waals surface area contributed by atoms with Gasteiger partial charge < -0.3 is 9.64 Å². The molecule has 1 amide bonds. The van der Waals surface area contributed by atoms with Gasteiger partial charge in [0, 0.05) is 19.2 Å². The van der Waals surface area contributed by atoms with Crippen molar-refractivity contribution in [3.8, 4) is 0 Å². The van der Waals surface area contributed by atoms with Crippen molar-refractivity contribution in [2.75, 3.05) is 0 Å². The summed E-state index contributed by atoms with van der Waals surface area (Å²) in [5, 5.41) is 5.01. The molecule has 0 N–H and O–H groups in total. The Balaban J connectivity index is 1.49. The van der Waals surface area contributed by atoms with Crippen LogP contribution in [0, 0.1) is 0 Å². The van der Waals surface area contributed by atoms with Gasteiger partial charge in [-0.25, -0.2) is 4.98 Å². The molecule has 0 saturated heterocycles. The van der Waals surface area contributed by atoms with Gasteiger partial charge in [-0.2, -0.15) is 9.61 Å². The SMILES string of the molecule is CCc1nn2c(=O)cc(COC(=O)C[C@H]3c4ccccc4C=CN3C(C)=O)nc2s1. The lowest BCUT2D eigenvalue weighted by Gasteiger charge is -2.32. The van der Waals surface area contributed by atoms with Crippen LogP contribution in [-0.2, 0) is 27.4 Å². The fourth-order valence-corrected chi connectivity index (χ4v) is 4.25. The first-order chi connectivity index (χ1) is 14.5. The molecule has 0 saturated carbocycles. The van der Waals surface area contributed by atoms with Crippen LogP contribution < -0.4 is 5.56 Å². The molecule has 9 heteroatoms. The molecule has 1 atom stereocenters. The average molecular weight is 424 g/mol. The molecule has 8 nitrogen and oxygen atoms in total. The van der Waals surface area contributed by atoms with Crippen molar-refractivity contribution < 1.29 is 14.3 Å². The molecule has 3 aromatic rings. The maximum Gasteiger partial charge on any atom is 0.308 e. The molecule has 1 aliphatic rings. The predicted molar refractivity (Wildman–Crippen MR) is 112 cm³/mol. The predicted octanol–water partition coefficient (Wildman–Crippen LogP) is 2.72. The summed E-state index contributed by atoms with van der Waals surface area (Å²) in [6, 6.07) is 8.50. The molecule has 0 bridgehead atoms. The second-order valence-corrected chi connectivity index (χ2v) is 7.92. The number of aryl methyl sites for hydroxylation is 1. The molecule has 1 aromatic carbocycles. The summed E-state index contributed by atoms with van der Waals surface area (Å²) < 4.78 is 6.64. The third-order valence-corrected chi connectivity index (χ3v) is 5.91. The monoisotopic (exact) mass is 424 g/mol. The molecule has 1 aliphatic heterocycles. The van der Waals surface area contributed by atoms with E-state index in [1.165, 1.54) is 33.7 Å². The Labute approximate surface area is 176 Å². The van der Waals surface area contributed by atoms with Crippen LogP contribution in [0.15, 0.2) is 41.3 Å². The number of ether oxygens (including phenoxy) is 1. The van der Waals surface area contributed by atoms with Gasteiger partial charge in [0.15, 0.2) is 0 Å². The van der Waals surface area contributed by atoms with Gasteiger partial charge in [-0.15, -0.1) is 0 Å². The number of aromatic nitrogens is 3. The van der Waals surface area contributed by atoms with Gasteiger partial charge in [0.2, 0.25) is 10.9 Å². The van der Waals surface area contributed by atoms with Crippen LogP contribution in [0.5, 0.6) is 0 Å². The Morgan fingerprint density at radius 2 is 2.07 bits per heavy atom. The van der Waals surface area contributed by atoms with Crippen molar-refractivity contribution >= 4 is 34.3 Å². The molecule has 154 valence electrons. The number of carbonyl (C=O) groups is 2. The highest BCUT2D eigenvalue weighted by molar-refractivity contribution is 7.16. The minimum atomic E-state index is -0.475. The van der Waals surface area contributed by atoms with Gasteiger partial charge in [-0.1, -0.05) is 42.5 Å². The standard InChI is InChI=1S/C21H20N4O4S/c1-3-18-23-25-19(27)10-15(22-21(25)30-18)12-29-20(28)11-17-16-7-5-4-6-14(16)8-9-24(17)13(2)26/h4-10,17H,3,11-12H2,1-2H3/t17-/m0/s1. The van der Waals surface area contributed by atoms with E-state index in [4.69, 9.17) is 4.74 Å². The number of fused-ring (bicyclic) bond motifs is 2. The summed E-state index contributed by atoms with van der Waals surface area (Å²) in [4.78, 5) is 43.2. The van der Waals surface area contributed by atoms with E-state index in [0.717, 1.165) is 16.1 Å². The van der Waals surface area contributed by atoms with Crippen molar-refractivity contribution in [1.29, 1.82) is 0 Å². The van der Waals surface area contributed by atoms with Crippen LogP contribution >= 0.6 is 11.3 Å². The largest absolute Gasteiger partial charge is 0.459 e. The maximum atomic E-state index is 12.6. The lowest BCUT2D eigenvalue weighted by molar-refractivity contribution is -0.147. The molecule has 0 fully saturated rings. The number of nitrogens with zero attached hydrogens (tertiary/aromatic N) is 4. The number of hydrogen-bond acceptors (Lipinski definition) is 7.